The third-order valence-electron chi connectivity index (χ3n) is 5.62. The zero-order valence-electron chi connectivity index (χ0n) is 17.9. The Kier molecular flexibility index (Phi) is 6.27. The van der Waals surface area contributed by atoms with Gasteiger partial charge in [-0.3, -0.25) is 9.69 Å². The van der Waals surface area contributed by atoms with Gasteiger partial charge in [-0.25, -0.2) is 9.07 Å². The van der Waals surface area contributed by atoms with Crippen molar-refractivity contribution in [2.45, 2.75) is 12.8 Å². The van der Waals surface area contributed by atoms with E-state index in [2.05, 4.69) is 20.1 Å². The molecular weight excluding hydrogens is 443 g/mol. The Morgan fingerprint density at radius 1 is 1.12 bits per heavy atom. The lowest BCUT2D eigenvalue weighted by Crippen LogP contribution is -2.49. The largest absolute Gasteiger partial charge is 0.339 e. The second-order valence-electron chi connectivity index (χ2n) is 7.85. The molecule has 1 amide bonds. The lowest BCUT2D eigenvalue weighted by atomic mass is 10.2. The van der Waals surface area contributed by atoms with Crippen LogP contribution in [0.5, 0.6) is 0 Å². The molecule has 1 saturated heterocycles. The van der Waals surface area contributed by atoms with Crippen LogP contribution in [-0.4, -0.2) is 68.4 Å². The van der Waals surface area contributed by atoms with Crippen molar-refractivity contribution < 1.29 is 13.7 Å². The van der Waals surface area contributed by atoms with E-state index in [1.165, 1.54) is 16.8 Å². The minimum atomic E-state index is -0.339. The summed E-state index contributed by atoms with van der Waals surface area (Å²) in [6.07, 6.45) is 3.33. The lowest BCUT2D eigenvalue weighted by Gasteiger charge is -2.34. The van der Waals surface area contributed by atoms with E-state index in [9.17, 15) is 9.18 Å². The van der Waals surface area contributed by atoms with Crippen LogP contribution in [0.1, 0.15) is 22.8 Å². The summed E-state index contributed by atoms with van der Waals surface area (Å²) >= 11 is 1.59. The SMILES string of the molecule is O=C(c1ccn(-c2cccc(F)c2)n1)N1CCN(CCCc2nc(-c3cccs3)no2)CC1. The number of hydrogen-bond donors (Lipinski definition) is 0. The first-order chi connectivity index (χ1) is 16.2. The van der Waals surface area contributed by atoms with Crippen LogP contribution in [0.15, 0.2) is 58.6 Å². The van der Waals surface area contributed by atoms with Crippen LogP contribution in [0.3, 0.4) is 0 Å². The normalized spacial score (nSPS) is 14.6. The number of aryl methyl sites for hydroxylation is 1. The maximum Gasteiger partial charge on any atom is 0.274 e. The van der Waals surface area contributed by atoms with E-state index in [1.54, 1.807) is 35.7 Å². The Labute approximate surface area is 194 Å². The van der Waals surface area contributed by atoms with E-state index in [-0.39, 0.29) is 11.7 Å². The molecule has 0 bridgehead atoms. The molecule has 0 atom stereocenters. The molecule has 1 aliphatic rings. The van der Waals surface area contributed by atoms with Gasteiger partial charge in [0.25, 0.3) is 5.91 Å². The highest BCUT2D eigenvalue weighted by Crippen LogP contribution is 2.21. The number of halogens is 1. The number of piperazine rings is 1. The fraction of sp³-hybridized carbons (Fsp3) is 0.304. The first-order valence-electron chi connectivity index (χ1n) is 10.9. The Morgan fingerprint density at radius 2 is 2.00 bits per heavy atom. The van der Waals surface area contributed by atoms with Crippen molar-refractivity contribution in [2.75, 3.05) is 32.7 Å². The number of carbonyl (C=O) groups is 1. The van der Waals surface area contributed by atoms with E-state index in [0.29, 0.717) is 36.2 Å². The highest BCUT2D eigenvalue weighted by molar-refractivity contribution is 7.13. The zero-order valence-corrected chi connectivity index (χ0v) is 18.7. The van der Waals surface area contributed by atoms with Crippen molar-refractivity contribution in [1.82, 2.24) is 29.7 Å². The minimum Gasteiger partial charge on any atom is -0.339 e. The molecule has 1 aromatic carbocycles. The van der Waals surface area contributed by atoms with Crippen molar-refractivity contribution in [3.8, 4) is 16.4 Å². The zero-order chi connectivity index (χ0) is 22.6. The van der Waals surface area contributed by atoms with E-state index < -0.39 is 0 Å². The molecule has 1 fully saturated rings. The fourth-order valence-corrected chi connectivity index (χ4v) is 4.50. The molecule has 5 rings (SSSR count). The molecule has 0 aliphatic carbocycles. The second kappa shape index (κ2) is 9.63. The Balaban J connectivity index is 1.08. The van der Waals surface area contributed by atoms with Crippen molar-refractivity contribution in [3.63, 3.8) is 0 Å². The van der Waals surface area contributed by atoms with Gasteiger partial charge >= 0.3 is 0 Å². The summed E-state index contributed by atoms with van der Waals surface area (Å²) in [5, 5.41) is 10.4. The van der Waals surface area contributed by atoms with Gasteiger partial charge in [0.2, 0.25) is 11.7 Å². The van der Waals surface area contributed by atoms with Gasteiger partial charge in [0.05, 0.1) is 10.6 Å². The Bertz CT molecular complexity index is 1210. The second-order valence-corrected chi connectivity index (χ2v) is 8.80. The number of carbonyl (C=O) groups excluding carboxylic acids is 1. The minimum absolute atomic E-state index is 0.100. The summed E-state index contributed by atoms with van der Waals surface area (Å²) in [7, 11) is 0. The summed E-state index contributed by atoms with van der Waals surface area (Å²) < 4.78 is 20.3. The van der Waals surface area contributed by atoms with E-state index in [0.717, 1.165) is 37.4 Å². The maximum absolute atomic E-state index is 13.5. The maximum atomic E-state index is 13.5. The Hall–Kier alpha value is -3.37. The molecule has 0 N–H and O–H groups in total. The molecule has 4 heterocycles. The summed E-state index contributed by atoms with van der Waals surface area (Å²) in [4.78, 5) is 22.5. The van der Waals surface area contributed by atoms with Crippen LogP contribution in [0, 0.1) is 5.82 Å². The highest BCUT2D eigenvalue weighted by Gasteiger charge is 2.23. The monoisotopic (exact) mass is 466 g/mol. The number of rotatable bonds is 7. The quantitative estimate of drug-likeness (QED) is 0.415. The molecule has 0 saturated carbocycles. The number of nitrogens with zero attached hydrogens (tertiary/aromatic N) is 6. The van der Waals surface area contributed by atoms with Crippen LogP contribution < -0.4 is 0 Å². The van der Waals surface area contributed by atoms with Gasteiger partial charge in [0.1, 0.15) is 5.82 Å². The first kappa shape index (κ1) is 21.5. The standard InChI is InChI=1S/C23H23FN6O2S/c24-17-4-1-5-18(16-17)30-10-8-19(26-30)23(31)29-13-11-28(12-14-29)9-2-7-21-25-22(27-32-21)20-6-3-15-33-20/h1,3-6,8,10,15-16H,2,7,9,11-14H2. The molecule has 0 spiro atoms. The van der Waals surface area contributed by atoms with Gasteiger partial charge in [0, 0.05) is 38.8 Å². The van der Waals surface area contributed by atoms with Crippen LogP contribution in [0.25, 0.3) is 16.4 Å². The number of thiophene rings is 1. The summed E-state index contributed by atoms with van der Waals surface area (Å²) in [6.45, 7) is 3.82. The lowest BCUT2D eigenvalue weighted by molar-refractivity contribution is 0.0629. The molecule has 1 aliphatic heterocycles. The molecule has 0 radical (unpaired) electrons. The molecule has 4 aromatic rings. The Morgan fingerprint density at radius 3 is 2.79 bits per heavy atom. The van der Waals surface area contributed by atoms with Gasteiger partial charge in [0.15, 0.2) is 5.69 Å². The average Bonchev–Trinajstić information content (AvgIpc) is 3.61. The molecular formula is C23H23FN6O2S. The van der Waals surface area contributed by atoms with Gasteiger partial charge < -0.3 is 9.42 Å². The summed E-state index contributed by atoms with van der Waals surface area (Å²) in [6, 6.07) is 11.8. The molecule has 0 unspecified atom stereocenters. The average molecular weight is 467 g/mol. The number of hydrogen-bond acceptors (Lipinski definition) is 7. The molecule has 33 heavy (non-hydrogen) atoms. The van der Waals surface area contributed by atoms with Gasteiger partial charge in [-0.15, -0.1) is 11.3 Å². The van der Waals surface area contributed by atoms with E-state index in [1.807, 2.05) is 22.4 Å². The van der Waals surface area contributed by atoms with Gasteiger partial charge in [-0.1, -0.05) is 17.3 Å². The van der Waals surface area contributed by atoms with Crippen LogP contribution in [0.2, 0.25) is 0 Å². The third-order valence-corrected chi connectivity index (χ3v) is 6.48. The van der Waals surface area contributed by atoms with Gasteiger partial charge in [-0.2, -0.15) is 10.1 Å². The predicted octanol–water partition coefficient (Wildman–Crippen LogP) is 3.51. The predicted molar refractivity (Wildman–Crippen MR) is 122 cm³/mol. The van der Waals surface area contributed by atoms with Crippen LogP contribution in [0.4, 0.5) is 4.39 Å². The topological polar surface area (TPSA) is 80.3 Å². The van der Waals surface area contributed by atoms with E-state index in [4.69, 9.17) is 4.52 Å². The molecule has 3 aromatic heterocycles. The van der Waals surface area contributed by atoms with Crippen LogP contribution in [-0.2, 0) is 6.42 Å². The van der Waals surface area contributed by atoms with Crippen molar-refractivity contribution >= 4 is 17.2 Å². The van der Waals surface area contributed by atoms with E-state index >= 15 is 0 Å². The van der Waals surface area contributed by atoms with Crippen LogP contribution >= 0.6 is 11.3 Å². The van der Waals surface area contributed by atoms with Crippen molar-refractivity contribution in [2.24, 2.45) is 0 Å². The molecule has 10 heteroatoms. The highest BCUT2D eigenvalue weighted by atomic mass is 32.1. The number of aromatic nitrogens is 4. The smallest absolute Gasteiger partial charge is 0.274 e. The molecule has 170 valence electrons. The summed E-state index contributed by atoms with van der Waals surface area (Å²) in [5.41, 5.74) is 0.952. The molecule has 8 nitrogen and oxygen atoms in total. The first-order valence-corrected chi connectivity index (χ1v) is 11.7. The summed E-state index contributed by atoms with van der Waals surface area (Å²) in [5.74, 6) is 0.860. The number of benzene rings is 1. The third kappa shape index (κ3) is 5.01. The number of amides is 1. The fourth-order valence-electron chi connectivity index (χ4n) is 3.85. The van der Waals surface area contributed by atoms with Gasteiger partial charge in [-0.05, 0) is 48.7 Å². The van der Waals surface area contributed by atoms with Crippen molar-refractivity contribution in [3.05, 3.63) is 71.4 Å². The van der Waals surface area contributed by atoms with Crippen molar-refractivity contribution in [1.29, 1.82) is 0 Å².